The molecule has 0 spiro atoms. The molecule has 0 aliphatic heterocycles. The van der Waals surface area contributed by atoms with Gasteiger partial charge >= 0.3 is 5.69 Å². The lowest BCUT2D eigenvalue weighted by Crippen LogP contribution is -2.19. The van der Waals surface area contributed by atoms with Gasteiger partial charge in [-0.25, -0.2) is 9.97 Å². The first-order chi connectivity index (χ1) is 10.1. The Morgan fingerprint density at radius 2 is 2.10 bits per heavy atom. The van der Waals surface area contributed by atoms with E-state index in [1.165, 1.54) is 6.33 Å². The summed E-state index contributed by atoms with van der Waals surface area (Å²) in [6, 6.07) is 9.55. The van der Waals surface area contributed by atoms with E-state index >= 15 is 0 Å². The van der Waals surface area contributed by atoms with Gasteiger partial charge in [-0.2, -0.15) is 5.26 Å². The Hall–Kier alpha value is -2.66. The highest BCUT2D eigenvalue weighted by molar-refractivity contribution is 8.03. The molecule has 2 aromatic rings. The lowest BCUT2D eigenvalue weighted by molar-refractivity contribution is -0.387. The van der Waals surface area contributed by atoms with E-state index in [1.54, 1.807) is 17.3 Å². The van der Waals surface area contributed by atoms with E-state index in [2.05, 4.69) is 9.97 Å². The van der Waals surface area contributed by atoms with Crippen LogP contribution in [0.25, 0.3) is 0 Å². The number of anilines is 1. The standard InChI is InChI=1S/C13H11N5O2S/c1-17(7-10-5-3-2-4-6-10)12-11(18(19)20)13(21-8-14)16-9-15-12/h2-6,9H,7H2,1H3. The fourth-order valence-electron chi connectivity index (χ4n) is 1.84. The van der Waals surface area contributed by atoms with Crippen molar-refractivity contribution in [2.24, 2.45) is 0 Å². The number of thioether (sulfide) groups is 1. The van der Waals surface area contributed by atoms with Gasteiger partial charge in [0.05, 0.1) is 4.92 Å². The Morgan fingerprint density at radius 1 is 1.38 bits per heavy atom. The second-order valence-electron chi connectivity index (χ2n) is 4.14. The topological polar surface area (TPSA) is 96.0 Å². The molecule has 0 atom stereocenters. The summed E-state index contributed by atoms with van der Waals surface area (Å²) in [6.45, 7) is 0.468. The molecule has 0 amide bonds. The highest BCUT2D eigenvalue weighted by atomic mass is 32.2. The van der Waals surface area contributed by atoms with Crippen molar-refractivity contribution in [1.29, 1.82) is 5.26 Å². The molecule has 0 saturated heterocycles. The second-order valence-corrected chi connectivity index (χ2v) is 4.92. The van der Waals surface area contributed by atoms with Crippen molar-refractivity contribution in [2.45, 2.75) is 11.6 Å². The summed E-state index contributed by atoms with van der Waals surface area (Å²) < 4.78 is 0. The van der Waals surface area contributed by atoms with Gasteiger partial charge in [0.2, 0.25) is 5.82 Å². The summed E-state index contributed by atoms with van der Waals surface area (Å²) in [7, 11) is 1.71. The van der Waals surface area contributed by atoms with Crippen molar-refractivity contribution >= 4 is 23.3 Å². The highest BCUT2D eigenvalue weighted by Crippen LogP contribution is 2.33. The van der Waals surface area contributed by atoms with Crippen LogP contribution in [0, 0.1) is 20.8 Å². The molecule has 2 rings (SSSR count). The van der Waals surface area contributed by atoms with Gasteiger partial charge in [-0.1, -0.05) is 30.3 Å². The average Bonchev–Trinajstić information content (AvgIpc) is 2.48. The van der Waals surface area contributed by atoms with Crippen molar-refractivity contribution in [3.8, 4) is 5.40 Å². The van der Waals surface area contributed by atoms with Crippen LogP contribution in [0.2, 0.25) is 0 Å². The molecule has 0 radical (unpaired) electrons. The zero-order chi connectivity index (χ0) is 15.2. The van der Waals surface area contributed by atoms with Gasteiger partial charge in [0.25, 0.3) is 0 Å². The molecule has 0 fully saturated rings. The lowest BCUT2D eigenvalue weighted by Gasteiger charge is -2.18. The van der Waals surface area contributed by atoms with Gasteiger partial charge in [-0.15, -0.1) is 0 Å². The molecule has 0 aliphatic carbocycles. The normalized spacial score (nSPS) is 9.90. The number of benzene rings is 1. The minimum absolute atomic E-state index is 0.0485. The lowest BCUT2D eigenvalue weighted by atomic mass is 10.2. The third-order valence-electron chi connectivity index (χ3n) is 2.72. The number of nitro groups is 1. The molecule has 0 unspecified atom stereocenters. The van der Waals surface area contributed by atoms with Gasteiger partial charge in [-0.05, 0) is 5.56 Å². The SMILES string of the molecule is CN(Cc1ccccc1)c1ncnc(SC#N)c1[N+](=O)[O-]. The van der Waals surface area contributed by atoms with Crippen molar-refractivity contribution in [2.75, 3.05) is 11.9 Å². The first kappa shape index (κ1) is 14.7. The Morgan fingerprint density at radius 3 is 2.71 bits per heavy atom. The zero-order valence-corrected chi connectivity index (χ0v) is 11.9. The Kier molecular flexibility index (Phi) is 4.68. The molecule has 1 heterocycles. The molecule has 0 bridgehead atoms. The van der Waals surface area contributed by atoms with Gasteiger partial charge in [0.15, 0.2) is 5.03 Å². The fourth-order valence-corrected chi connectivity index (χ4v) is 2.29. The van der Waals surface area contributed by atoms with Gasteiger partial charge in [0, 0.05) is 25.4 Å². The second kappa shape index (κ2) is 6.67. The van der Waals surface area contributed by atoms with E-state index in [0.717, 1.165) is 5.56 Å². The van der Waals surface area contributed by atoms with Gasteiger partial charge < -0.3 is 4.90 Å². The van der Waals surface area contributed by atoms with E-state index in [0.29, 0.717) is 18.3 Å². The molecule has 8 heteroatoms. The smallest absolute Gasteiger partial charge is 0.344 e. The van der Waals surface area contributed by atoms with Crippen LogP contribution in [0.1, 0.15) is 5.56 Å². The summed E-state index contributed by atoms with van der Waals surface area (Å²) in [5.74, 6) is 0.191. The third-order valence-corrected chi connectivity index (χ3v) is 3.30. The average molecular weight is 301 g/mol. The fraction of sp³-hybridized carbons (Fsp3) is 0.154. The van der Waals surface area contributed by atoms with Crippen molar-refractivity contribution in [1.82, 2.24) is 9.97 Å². The molecule has 0 aliphatic rings. The van der Waals surface area contributed by atoms with Crippen molar-refractivity contribution in [3.05, 3.63) is 52.3 Å². The van der Waals surface area contributed by atoms with Crippen LogP contribution in [0.4, 0.5) is 11.5 Å². The minimum atomic E-state index is -0.559. The number of rotatable bonds is 5. The maximum atomic E-state index is 11.3. The van der Waals surface area contributed by atoms with Crippen LogP contribution in [-0.2, 0) is 6.54 Å². The molecule has 1 aromatic carbocycles. The monoisotopic (exact) mass is 301 g/mol. The molecule has 106 valence electrons. The first-order valence-corrected chi connectivity index (χ1v) is 6.75. The Balaban J connectivity index is 2.36. The van der Waals surface area contributed by atoms with E-state index < -0.39 is 4.92 Å². The number of hydrogen-bond donors (Lipinski definition) is 0. The third kappa shape index (κ3) is 3.46. The molecule has 0 saturated carbocycles. The number of nitrogens with zero attached hydrogens (tertiary/aromatic N) is 5. The molecule has 7 nitrogen and oxygen atoms in total. The number of nitriles is 1. The Labute approximate surface area is 125 Å². The maximum absolute atomic E-state index is 11.3. The summed E-state index contributed by atoms with van der Waals surface area (Å²) >= 11 is 0.654. The predicted octanol–water partition coefficient (Wildman–Crippen LogP) is 2.59. The maximum Gasteiger partial charge on any atom is 0.344 e. The van der Waals surface area contributed by atoms with Crippen LogP contribution < -0.4 is 4.90 Å². The number of hydrogen-bond acceptors (Lipinski definition) is 7. The van der Waals surface area contributed by atoms with E-state index in [4.69, 9.17) is 5.26 Å². The first-order valence-electron chi connectivity index (χ1n) is 5.94. The summed E-state index contributed by atoms with van der Waals surface area (Å²) in [5.41, 5.74) is 0.755. The minimum Gasteiger partial charge on any atom is -0.349 e. The van der Waals surface area contributed by atoms with E-state index in [1.807, 2.05) is 30.3 Å². The van der Waals surface area contributed by atoms with Crippen LogP contribution in [0.15, 0.2) is 41.7 Å². The Bertz CT molecular complexity index is 687. The van der Waals surface area contributed by atoms with E-state index in [9.17, 15) is 10.1 Å². The highest BCUT2D eigenvalue weighted by Gasteiger charge is 2.25. The zero-order valence-electron chi connectivity index (χ0n) is 11.1. The summed E-state index contributed by atoms with van der Waals surface area (Å²) in [6.07, 6.45) is 1.23. The van der Waals surface area contributed by atoms with Crippen LogP contribution in [0.5, 0.6) is 0 Å². The van der Waals surface area contributed by atoms with Gasteiger partial charge in [0.1, 0.15) is 11.7 Å². The number of aromatic nitrogens is 2. The van der Waals surface area contributed by atoms with Crippen LogP contribution >= 0.6 is 11.8 Å². The molecule has 0 N–H and O–H groups in total. The van der Waals surface area contributed by atoms with Crippen molar-refractivity contribution in [3.63, 3.8) is 0 Å². The molecule has 21 heavy (non-hydrogen) atoms. The number of thiocyanates is 1. The van der Waals surface area contributed by atoms with Crippen LogP contribution in [0.3, 0.4) is 0 Å². The van der Waals surface area contributed by atoms with E-state index in [-0.39, 0.29) is 16.5 Å². The van der Waals surface area contributed by atoms with Crippen molar-refractivity contribution < 1.29 is 4.92 Å². The molecular weight excluding hydrogens is 290 g/mol. The quantitative estimate of drug-likeness (QED) is 0.275. The largest absolute Gasteiger partial charge is 0.349 e. The predicted molar refractivity (Wildman–Crippen MR) is 78.7 cm³/mol. The van der Waals surface area contributed by atoms with Crippen LogP contribution in [-0.4, -0.2) is 21.9 Å². The summed E-state index contributed by atoms with van der Waals surface area (Å²) in [4.78, 5) is 20.1. The summed E-state index contributed by atoms with van der Waals surface area (Å²) in [5, 5.41) is 21.8. The molecular formula is C13H11N5O2S. The molecule has 1 aromatic heterocycles. The van der Waals surface area contributed by atoms with Gasteiger partial charge in [-0.3, -0.25) is 10.1 Å².